The number of fused-ring (bicyclic) bond motifs is 1. The molecule has 0 unspecified atom stereocenters. The predicted octanol–water partition coefficient (Wildman–Crippen LogP) is 4.73. The highest BCUT2D eigenvalue weighted by Gasteiger charge is 2.41. The fraction of sp³-hybridized carbons (Fsp3) is 0.258. The highest BCUT2D eigenvalue weighted by molar-refractivity contribution is 7.81. The SMILES string of the molecule is COc1ccc(C(OC[C@H]2O[C@@H](n3cnc4c(=O)[nH]cnc43)C[C@@H]2S)(c2ccccc2)c2ccc(OC)cc2)cc1. The van der Waals surface area contributed by atoms with E-state index in [2.05, 4.69) is 27.1 Å². The van der Waals surface area contributed by atoms with Gasteiger partial charge in [-0.3, -0.25) is 9.36 Å². The van der Waals surface area contributed by atoms with Gasteiger partial charge in [0.1, 0.15) is 23.3 Å². The van der Waals surface area contributed by atoms with Crippen LogP contribution in [0.15, 0.2) is 96.3 Å². The minimum atomic E-state index is -0.967. The molecule has 3 aromatic carbocycles. The Morgan fingerprint density at radius 1 is 0.927 bits per heavy atom. The highest BCUT2D eigenvalue weighted by Crippen LogP contribution is 2.43. The lowest BCUT2D eigenvalue weighted by Crippen LogP contribution is -2.37. The largest absolute Gasteiger partial charge is 0.497 e. The number of aromatic amines is 1. The Hall–Kier alpha value is -4.12. The Balaban J connectivity index is 1.37. The van der Waals surface area contributed by atoms with Crippen molar-refractivity contribution in [2.45, 2.75) is 29.6 Å². The maximum atomic E-state index is 12.2. The number of aromatic nitrogens is 4. The van der Waals surface area contributed by atoms with E-state index in [9.17, 15) is 4.79 Å². The van der Waals surface area contributed by atoms with Crippen molar-refractivity contribution < 1.29 is 18.9 Å². The average molecular weight is 571 g/mol. The minimum Gasteiger partial charge on any atom is -0.497 e. The molecule has 1 aliphatic heterocycles. The molecule has 0 aliphatic carbocycles. The zero-order valence-corrected chi connectivity index (χ0v) is 23.5. The summed E-state index contributed by atoms with van der Waals surface area (Å²) >= 11 is 4.88. The molecule has 0 amide bonds. The minimum absolute atomic E-state index is 0.125. The van der Waals surface area contributed by atoms with Gasteiger partial charge >= 0.3 is 0 Å². The molecule has 2 aromatic heterocycles. The number of H-pyrrole nitrogens is 1. The van der Waals surface area contributed by atoms with E-state index in [-0.39, 0.29) is 29.0 Å². The third-order valence-corrected chi connectivity index (χ3v) is 8.06. The monoisotopic (exact) mass is 570 g/mol. The van der Waals surface area contributed by atoms with E-state index in [4.69, 9.17) is 31.6 Å². The van der Waals surface area contributed by atoms with Crippen LogP contribution in [0.2, 0.25) is 0 Å². The Morgan fingerprint density at radius 3 is 2.15 bits per heavy atom. The van der Waals surface area contributed by atoms with Gasteiger partial charge < -0.3 is 23.9 Å². The zero-order valence-electron chi connectivity index (χ0n) is 22.6. The Morgan fingerprint density at radius 2 is 1.54 bits per heavy atom. The lowest BCUT2D eigenvalue weighted by Gasteiger charge is -2.37. The molecule has 0 radical (unpaired) electrons. The van der Waals surface area contributed by atoms with Gasteiger partial charge in [0.2, 0.25) is 0 Å². The second kappa shape index (κ2) is 11.4. The predicted molar refractivity (Wildman–Crippen MR) is 158 cm³/mol. The summed E-state index contributed by atoms with van der Waals surface area (Å²) in [4.78, 5) is 23.3. The Kier molecular flexibility index (Phi) is 7.53. The Labute approximate surface area is 242 Å². The third kappa shape index (κ3) is 4.99. The van der Waals surface area contributed by atoms with Crippen LogP contribution < -0.4 is 15.0 Å². The maximum Gasteiger partial charge on any atom is 0.278 e. The molecule has 210 valence electrons. The molecule has 1 N–H and O–H groups in total. The molecule has 3 atom stereocenters. The van der Waals surface area contributed by atoms with E-state index in [0.717, 1.165) is 28.2 Å². The van der Waals surface area contributed by atoms with Crippen molar-refractivity contribution in [1.82, 2.24) is 19.5 Å². The summed E-state index contributed by atoms with van der Waals surface area (Å²) in [6.07, 6.45) is 2.82. The van der Waals surface area contributed by atoms with Crippen LogP contribution in [-0.4, -0.2) is 51.7 Å². The molecule has 41 heavy (non-hydrogen) atoms. The molecular formula is C31H30N4O5S. The topological polar surface area (TPSA) is 100 Å². The summed E-state index contributed by atoms with van der Waals surface area (Å²) in [5, 5.41) is -0.125. The van der Waals surface area contributed by atoms with Crippen molar-refractivity contribution >= 4 is 23.8 Å². The van der Waals surface area contributed by atoms with Gasteiger partial charge in [0.25, 0.3) is 5.56 Å². The summed E-state index contributed by atoms with van der Waals surface area (Å²) < 4.78 is 26.1. The van der Waals surface area contributed by atoms with E-state index in [1.165, 1.54) is 6.33 Å². The molecular weight excluding hydrogens is 540 g/mol. The molecule has 1 fully saturated rings. The molecule has 0 bridgehead atoms. The normalized spacial score (nSPS) is 19.0. The first-order valence-corrected chi connectivity index (χ1v) is 13.8. The van der Waals surface area contributed by atoms with E-state index >= 15 is 0 Å². The number of rotatable bonds is 9. The third-order valence-electron chi connectivity index (χ3n) is 7.52. The van der Waals surface area contributed by atoms with Crippen LogP contribution in [0.3, 0.4) is 0 Å². The molecule has 1 saturated heterocycles. The second-order valence-corrected chi connectivity index (χ2v) is 10.5. The maximum absolute atomic E-state index is 12.2. The molecule has 3 heterocycles. The number of ether oxygens (including phenoxy) is 4. The molecule has 5 aromatic rings. The van der Waals surface area contributed by atoms with Gasteiger partial charge in [0, 0.05) is 11.7 Å². The van der Waals surface area contributed by atoms with Crippen molar-refractivity contribution in [3.05, 3.63) is 119 Å². The summed E-state index contributed by atoms with van der Waals surface area (Å²) in [6.45, 7) is 0.248. The highest BCUT2D eigenvalue weighted by atomic mass is 32.1. The molecule has 0 spiro atoms. The van der Waals surface area contributed by atoms with Gasteiger partial charge in [0.05, 0.1) is 39.6 Å². The molecule has 10 heteroatoms. The Bertz CT molecular complexity index is 1620. The fourth-order valence-corrected chi connectivity index (χ4v) is 5.73. The molecule has 6 rings (SSSR count). The van der Waals surface area contributed by atoms with Crippen LogP contribution in [0.25, 0.3) is 11.2 Å². The zero-order chi connectivity index (χ0) is 28.4. The number of benzene rings is 3. The van der Waals surface area contributed by atoms with E-state index in [1.54, 1.807) is 25.1 Å². The quantitative estimate of drug-likeness (QED) is 0.195. The number of thiol groups is 1. The number of imidazole rings is 1. The summed E-state index contributed by atoms with van der Waals surface area (Å²) in [5.41, 5.74) is 2.31. The van der Waals surface area contributed by atoms with E-state index in [0.29, 0.717) is 12.1 Å². The van der Waals surface area contributed by atoms with Gasteiger partial charge in [-0.15, -0.1) is 0 Å². The van der Waals surface area contributed by atoms with Crippen LogP contribution in [0.5, 0.6) is 11.5 Å². The smallest absolute Gasteiger partial charge is 0.278 e. The second-order valence-electron chi connectivity index (χ2n) is 9.80. The van der Waals surface area contributed by atoms with Gasteiger partial charge in [-0.25, -0.2) is 9.97 Å². The lowest BCUT2D eigenvalue weighted by atomic mass is 9.80. The summed E-state index contributed by atoms with van der Waals surface area (Å²) in [7, 11) is 3.30. The van der Waals surface area contributed by atoms with Crippen LogP contribution in [-0.2, 0) is 15.1 Å². The lowest BCUT2D eigenvalue weighted by molar-refractivity contribution is -0.0746. The number of nitrogens with zero attached hydrogens (tertiary/aromatic N) is 3. The van der Waals surface area contributed by atoms with E-state index < -0.39 is 11.8 Å². The van der Waals surface area contributed by atoms with Crippen LogP contribution in [0, 0.1) is 0 Å². The van der Waals surface area contributed by atoms with Crippen LogP contribution in [0.1, 0.15) is 29.3 Å². The summed E-state index contributed by atoms with van der Waals surface area (Å²) in [6, 6.07) is 25.9. The van der Waals surface area contributed by atoms with Crippen molar-refractivity contribution in [2.24, 2.45) is 0 Å². The van der Waals surface area contributed by atoms with Gasteiger partial charge in [-0.1, -0.05) is 54.6 Å². The van der Waals surface area contributed by atoms with Crippen LogP contribution in [0.4, 0.5) is 0 Å². The van der Waals surface area contributed by atoms with E-state index in [1.807, 2.05) is 66.7 Å². The average Bonchev–Trinajstić information content (AvgIpc) is 3.62. The fourth-order valence-electron chi connectivity index (χ4n) is 5.39. The van der Waals surface area contributed by atoms with Crippen molar-refractivity contribution in [3.8, 4) is 11.5 Å². The van der Waals surface area contributed by atoms with Crippen molar-refractivity contribution in [3.63, 3.8) is 0 Å². The molecule has 9 nitrogen and oxygen atoms in total. The number of nitrogens with one attached hydrogen (secondary N) is 1. The first kappa shape index (κ1) is 27.1. The van der Waals surface area contributed by atoms with Gasteiger partial charge in [-0.05, 0) is 41.0 Å². The molecule has 1 aliphatic rings. The first-order chi connectivity index (χ1) is 20.0. The summed E-state index contributed by atoms with van der Waals surface area (Å²) in [5.74, 6) is 1.51. The number of methoxy groups -OCH3 is 2. The standard InChI is InChI=1S/C31H30N4O5S/c1-37-23-12-8-21(9-13-23)31(20-6-4-3-5-7-20,22-10-14-24(38-2)15-11-22)39-17-25-26(41)16-27(40-25)35-19-34-28-29(35)32-18-33-30(28)36/h3-15,18-19,25-27,41H,16-17H2,1-2H3,(H,32,33,36)/t25-,26+,27-/m1/s1. The number of hydrogen-bond donors (Lipinski definition) is 2. The molecule has 0 saturated carbocycles. The van der Waals surface area contributed by atoms with Crippen molar-refractivity contribution in [1.29, 1.82) is 0 Å². The number of hydrogen-bond acceptors (Lipinski definition) is 8. The van der Waals surface area contributed by atoms with Gasteiger partial charge in [0.15, 0.2) is 11.2 Å². The van der Waals surface area contributed by atoms with Crippen LogP contribution >= 0.6 is 12.6 Å². The van der Waals surface area contributed by atoms with Gasteiger partial charge in [-0.2, -0.15) is 12.6 Å². The first-order valence-electron chi connectivity index (χ1n) is 13.3. The van der Waals surface area contributed by atoms with Crippen molar-refractivity contribution in [2.75, 3.05) is 20.8 Å².